The molecule has 0 aromatic heterocycles. The Labute approximate surface area is 128 Å². The number of aliphatic hydroxyl groups is 4. The molecule has 0 aromatic carbocycles. The van der Waals surface area contributed by atoms with E-state index in [0.717, 1.165) is 0 Å². The van der Waals surface area contributed by atoms with E-state index in [1.165, 1.54) is 0 Å². The minimum Gasteiger partial charge on any atom is -0.389 e. The summed E-state index contributed by atoms with van der Waals surface area (Å²) in [5.41, 5.74) is 22.8. The van der Waals surface area contributed by atoms with E-state index in [4.69, 9.17) is 32.4 Å². The van der Waals surface area contributed by atoms with Crippen molar-refractivity contribution in [2.45, 2.75) is 67.5 Å². The van der Waals surface area contributed by atoms with Crippen LogP contribution in [0.2, 0.25) is 0 Å². The quantitative estimate of drug-likeness (QED) is 0.248. The Morgan fingerprint density at radius 3 is 2.14 bits per heavy atom. The molecular formula is C12H26N4O6. The predicted octanol–water partition coefficient (Wildman–Crippen LogP) is -5.12. The van der Waals surface area contributed by atoms with Crippen molar-refractivity contribution in [1.29, 1.82) is 0 Å². The van der Waals surface area contributed by atoms with Crippen molar-refractivity contribution in [2.24, 2.45) is 22.9 Å². The second-order valence-electron chi connectivity index (χ2n) is 5.98. The molecule has 1 heterocycles. The lowest BCUT2D eigenvalue weighted by atomic mass is 9.84. The summed E-state index contributed by atoms with van der Waals surface area (Å²) < 4.78 is 11.0. The molecule has 0 aromatic rings. The van der Waals surface area contributed by atoms with Gasteiger partial charge in [0.25, 0.3) is 0 Å². The van der Waals surface area contributed by atoms with Gasteiger partial charge < -0.3 is 52.8 Å². The van der Waals surface area contributed by atoms with Crippen LogP contribution in [0, 0.1) is 0 Å². The molecule has 130 valence electrons. The van der Waals surface area contributed by atoms with E-state index >= 15 is 0 Å². The molecule has 0 spiro atoms. The van der Waals surface area contributed by atoms with E-state index in [9.17, 15) is 20.4 Å². The van der Waals surface area contributed by atoms with Gasteiger partial charge in [0.05, 0.1) is 12.1 Å². The third-order valence-corrected chi connectivity index (χ3v) is 4.36. The molecule has 0 amide bonds. The zero-order valence-corrected chi connectivity index (χ0v) is 12.1. The third-order valence-electron chi connectivity index (χ3n) is 4.36. The first-order chi connectivity index (χ1) is 10.3. The van der Waals surface area contributed by atoms with E-state index in [2.05, 4.69) is 0 Å². The van der Waals surface area contributed by atoms with Gasteiger partial charge in [0.1, 0.15) is 30.5 Å². The number of hydrogen-bond donors (Lipinski definition) is 8. The summed E-state index contributed by atoms with van der Waals surface area (Å²) in [5.74, 6) is 0. The molecule has 10 atom stereocenters. The summed E-state index contributed by atoms with van der Waals surface area (Å²) in [4.78, 5) is 0. The van der Waals surface area contributed by atoms with Gasteiger partial charge in [0.15, 0.2) is 6.29 Å². The normalized spacial score (nSPS) is 53.5. The van der Waals surface area contributed by atoms with Gasteiger partial charge in [0, 0.05) is 18.6 Å². The highest BCUT2D eigenvalue weighted by atomic mass is 16.7. The molecule has 2 fully saturated rings. The molecule has 2 aliphatic rings. The fourth-order valence-corrected chi connectivity index (χ4v) is 2.89. The summed E-state index contributed by atoms with van der Waals surface area (Å²) in [7, 11) is 0. The first-order valence-electron chi connectivity index (χ1n) is 7.28. The number of nitrogens with two attached hydrogens (primary N) is 4. The van der Waals surface area contributed by atoms with Crippen LogP contribution in [0.1, 0.15) is 6.42 Å². The largest absolute Gasteiger partial charge is 0.389 e. The van der Waals surface area contributed by atoms with Gasteiger partial charge in [-0.1, -0.05) is 0 Å². The minimum absolute atomic E-state index is 0.0441. The van der Waals surface area contributed by atoms with Crippen LogP contribution in [0.15, 0.2) is 0 Å². The van der Waals surface area contributed by atoms with Crippen molar-refractivity contribution in [3.63, 3.8) is 0 Å². The molecule has 1 aliphatic heterocycles. The molecule has 0 unspecified atom stereocenters. The maximum absolute atomic E-state index is 10.1. The van der Waals surface area contributed by atoms with Crippen molar-refractivity contribution >= 4 is 0 Å². The van der Waals surface area contributed by atoms with Gasteiger partial charge in [-0.25, -0.2) is 0 Å². The zero-order valence-electron chi connectivity index (χ0n) is 12.1. The van der Waals surface area contributed by atoms with Gasteiger partial charge in [-0.05, 0) is 6.42 Å². The molecule has 10 nitrogen and oxygen atoms in total. The number of ether oxygens (including phenoxy) is 2. The molecular weight excluding hydrogens is 296 g/mol. The molecule has 1 saturated heterocycles. The molecule has 0 bridgehead atoms. The fraction of sp³-hybridized carbons (Fsp3) is 1.00. The first kappa shape index (κ1) is 17.9. The molecule has 1 saturated carbocycles. The van der Waals surface area contributed by atoms with Crippen molar-refractivity contribution in [3.05, 3.63) is 0 Å². The van der Waals surface area contributed by atoms with Gasteiger partial charge in [-0.3, -0.25) is 0 Å². The van der Waals surface area contributed by atoms with E-state index in [0.29, 0.717) is 0 Å². The van der Waals surface area contributed by atoms with E-state index in [1.807, 2.05) is 0 Å². The van der Waals surface area contributed by atoms with E-state index < -0.39 is 61.0 Å². The van der Waals surface area contributed by atoms with Crippen LogP contribution in [0.5, 0.6) is 0 Å². The number of aliphatic hydroxyl groups excluding tert-OH is 4. The third kappa shape index (κ3) is 3.26. The van der Waals surface area contributed by atoms with Crippen LogP contribution in [0.25, 0.3) is 0 Å². The smallest absolute Gasteiger partial charge is 0.176 e. The Morgan fingerprint density at radius 1 is 0.909 bits per heavy atom. The average molecular weight is 322 g/mol. The highest BCUT2D eigenvalue weighted by molar-refractivity contribution is 4.99. The Bertz CT molecular complexity index is 376. The topological polar surface area (TPSA) is 203 Å². The molecule has 12 N–H and O–H groups in total. The molecule has 2 rings (SSSR count). The SMILES string of the molecule is NC[C@H]1O[C@H](O[C@H]2[C@H](O)[C@@H](O)[C@H](N)C[C@@H]2N)[C@H](N)[C@H](O)[C@H]1O. The Morgan fingerprint density at radius 2 is 1.55 bits per heavy atom. The van der Waals surface area contributed by atoms with Crippen LogP contribution in [0.3, 0.4) is 0 Å². The summed E-state index contributed by atoms with van der Waals surface area (Å²) >= 11 is 0. The van der Waals surface area contributed by atoms with Crippen molar-refractivity contribution in [2.75, 3.05) is 6.54 Å². The van der Waals surface area contributed by atoms with Crippen molar-refractivity contribution in [1.82, 2.24) is 0 Å². The molecule has 10 heteroatoms. The summed E-state index contributed by atoms with van der Waals surface area (Å²) in [5, 5.41) is 39.6. The van der Waals surface area contributed by atoms with Crippen LogP contribution in [0.4, 0.5) is 0 Å². The molecule has 22 heavy (non-hydrogen) atoms. The Balaban J connectivity index is 2.08. The predicted molar refractivity (Wildman–Crippen MR) is 75.2 cm³/mol. The van der Waals surface area contributed by atoms with Crippen molar-refractivity contribution in [3.8, 4) is 0 Å². The van der Waals surface area contributed by atoms with Gasteiger partial charge in [0.2, 0.25) is 0 Å². The Kier molecular flexibility index (Phi) is 5.72. The van der Waals surface area contributed by atoms with Gasteiger partial charge in [-0.2, -0.15) is 0 Å². The second-order valence-corrected chi connectivity index (χ2v) is 5.98. The summed E-state index contributed by atoms with van der Waals surface area (Å²) in [6.07, 6.45) is -7.73. The van der Waals surface area contributed by atoms with Crippen LogP contribution in [-0.2, 0) is 9.47 Å². The van der Waals surface area contributed by atoms with E-state index in [1.54, 1.807) is 0 Å². The minimum atomic E-state index is -1.31. The Hall–Kier alpha value is -0.400. The van der Waals surface area contributed by atoms with Crippen LogP contribution in [-0.4, -0.2) is 88.0 Å². The van der Waals surface area contributed by atoms with Crippen LogP contribution >= 0.6 is 0 Å². The lowest BCUT2D eigenvalue weighted by molar-refractivity contribution is -0.287. The maximum Gasteiger partial charge on any atom is 0.176 e. The summed E-state index contributed by atoms with van der Waals surface area (Å²) in [6.45, 7) is -0.0441. The molecule has 0 radical (unpaired) electrons. The van der Waals surface area contributed by atoms with Gasteiger partial charge >= 0.3 is 0 Å². The fourth-order valence-electron chi connectivity index (χ4n) is 2.89. The highest BCUT2D eigenvalue weighted by Gasteiger charge is 2.47. The monoisotopic (exact) mass is 322 g/mol. The standard InChI is InChI=1S/C12H26N4O6/c13-2-5-8(18)9(19)6(16)12(21-5)22-11-4(15)1-3(14)7(17)10(11)20/h3-12,17-20H,1-2,13-16H2/t3-,4+,5-,6-,7+,8+,9+,10-,11-,12-/m1/s1. The van der Waals surface area contributed by atoms with Crippen LogP contribution < -0.4 is 22.9 Å². The average Bonchev–Trinajstić information content (AvgIpc) is 2.49. The highest BCUT2D eigenvalue weighted by Crippen LogP contribution is 2.26. The summed E-state index contributed by atoms with van der Waals surface area (Å²) in [6, 6.07) is -2.34. The first-order valence-corrected chi connectivity index (χ1v) is 7.28. The van der Waals surface area contributed by atoms with Gasteiger partial charge in [-0.15, -0.1) is 0 Å². The lowest BCUT2D eigenvalue weighted by Gasteiger charge is -2.45. The lowest BCUT2D eigenvalue weighted by Crippen LogP contribution is -2.67. The number of rotatable bonds is 3. The number of hydrogen-bond acceptors (Lipinski definition) is 10. The van der Waals surface area contributed by atoms with E-state index in [-0.39, 0.29) is 13.0 Å². The van der Waals surface area contributed by atoms with Crippen molar-refractivity contribution < 1.29 is 29.9 Å². The second kappa shape index (κ2) is 7.01. The maximum atomic E-state index is 10.1. The molecule has 1 aliphatic carbocycles. The zero-order chi connectivity index (χ0) is 16.6.